The molecule has 0 spiro atoms. The van der Waals surface area contributed by atoms with Crippen molar-refractivity contribution in [3.63, 3.8) is 0 Å². The van der Waals surface area contributed by atoms with E-state index in [1.165, 1.54) is 12.1 Å². The summed E-state index contributed by atoms with van der Waals surface area (Å²) < 4.78 is 0. The van der Waals surface area contributed by atoms with Crippen LogP contribution in [0.2, 0.25) is 0 Å². The minimum atomic E-state index is -1.05. The van der Waals surface area contributed by atoms with Crippen molar-refractivity contribution in [3.8, 4) is 5.75 Å². The van der Waals surface area contributed by atoms with Crippen LogP contribution in [0.5, 0.6) is 5.75 Å². The molecule has 1 N–H and O–H groups in total. The van der Waals surface area contributed by atoms with Crippen LogP contribution >= 0.6 is 0 Å². The van der Waals surface area contributed by atoms with Crippen molar-refractivity contribution < 1.29 is 66.4 Å². The Balaban J connectivity index is 0.00000144. The fourth-order valence-corrected chi connectivity index (χ4v) is 0.909. The average Bonchev–Trinajstić information content (AvgIpc) is 2.03. The van der Waals surface area contributed by atoms with Gasteiger partial charge in [0.1, 0.15) is 5.75 Å². The Morgan fingerprint density at radius 3 is 2.31 bits per heavy atom. The fraction of sp³-hybridized carbons (Fsp3) is 0.222. The number of rotatable bonds is 3. The molecule has 1 aromatic carbocycles. The minimum Gasteiger partial charge on any atom is -0.550 e. The zero-order chi connectivity index (χ0) is 8.97. The summed E-state index contributed by atoms with van der Waals surface area (Å²) in [5, 5.41) is 19.0. The Bertz CT molecular complexity index is 269. The molecule has 4 heteroatoms. The van der Waals surface area contributed by atoms with Crippen molar-refractivity contribution in [1.29, 1.82) is 0 Å². The monoisotopic (exact) mass is 204 g/mol. The number of benzene rings is 1. The Kier molecular flexibility index (Phi) is 6.62. The molecule has 0 radical (unpaired) electrons. The van der Waals surface area contributed by atoms with Crippen molar-refractivity contribution in [2.75, 3.05) is 0 Å². The molecule has 0 atom stereocenters. The number of aromatic hydroxyl groups is 1. The molecule has 0 unspecified atom stereocenters. The first-order chi connectivity index (χ1) is 5.68. The van der Waals surface area contributed by atoms with Crippen molar-refractivity contribution in [2.24, 2.45) is 0 Å². The first-order valence-electron chi connectivity index (χ1n) is 3.66. The van der Waals surface area contributed by atoms with Crippen LogP contribution in [0.1, 0.15) is 12.0 Å². The number of phenols is 1. The molecular formula is C9H9KO3. The van der Waals surface area contributed by atoms with Crippen LogP contribution in [-0.2, 0) is 11.2 Å². The second kappa shape index (κ2) is 6.56. The van der Waals surface area contributed by atoms with E-state index in [9.17, 15) is 9.90 Å². The Morgan fingerprint density at radius 2 is 1.85 bits per heavy atom. The first-order valence-corrected chi connectivity index (χ1v) is 3.66. The largest absolute Gasteiger partial charge is 1.00 e. The molecule has 0 aliphatic carbocycles. The van der Waals surface area contributed by atoms with Crippen molar-refractivity contribution in [1.82, 2.24) is 0 Å². The average molecular weight is 204 g/mol. The Labute approximate surface area is 119 Å². The molecule has 0 amide bonds. The maximum Gasteiger partial charge on any atom is 1.00 e. The van der Waals surface area contributed by atoms with Crippen molar-refractivity contribution >= 4 is 5.97 Å². The van der Waals surface area contributed by atoms with Crippen LogP contribution < -0.4 is 56.5 Å². The summed E-state index contributed by atoms with van der Waals surface area (Å²) in [6.07, 6.45) is 0.466. The van der Waals surface area contributed by atoms with Crippen LogP contribution in [0.4, 0.5) is 0 Å². The molecule has 0 saturated heterocycles. The zero-order valence-corrected chi connectivity index (χ0v) is 10.6. The van der Waals surface area contributed by atoms with Gasteiger partial charge in [-0.3, -0.25) is 0 Å². The predicted molar refractivity (Wildman–Crippen MR) is 41.4 cm³/mol. The molecule has 0 heterocycles. The number of hydrogen-bond donors (Lipinski definition) is 1. The number of carbonyl (C=O) groups is 1. The SMILES string of the molecule is O=C([O-])CCc1ccc(O)cc1.[K+]. The second-order valence-corrected chi connectivity index (χ2v) is 2.54. The van der Waals surface area contributed by atoms with Crippen LogP contribution in [0.3, 0.4) is 0 Å². The third kappa shape index (κ3) is 5.43. The van der Waals surface area contributed by atoms with E-state index in [-0.39, 0.29) is 63.6 Å². The molecular weight excluding hydrogens is 195 g/mol. The van der Waals surface area contributed by atoms with Gasteiger partial charge in [0.2, 0.25) is 0 Å². The molecule has 64 valence electrons. The van der Waals surface area contributed by atoms with Gasteiger partial charge in [-0.05, 0) is 30.5 Å². The normalized spacial score (nSPS) is 8.92. The third-order valence-electron chi connectivity index (χ3n) is 1.55. The first kappa shape index (κ1) is 13.1. The molecule has 1 aromatic rings. The van der Waals surface area contributed by atoms with E-state index >= 15 is 0 Å². The molecule has 0 saturated carbocycles. The molecule has 0 aliphatic heterocycles. The van der Waals surface area contributed by atoms with Crippen LogP contribution in [0.25, 0.3) is 0 Å². The van der Waals surface area contributed by atoms with Crippen LogP contribution in [0.15, 0.2) is 24.3 Å². The van der Waals surface area contributed by atoms with Crippen molar-refractivity contribution in [2.45, 2.75) is 12.8 Å². The maximum atomic E-state index is 10.1. The van der Waals surface area contributed by atoms with Gasteiger partial charge in [-0.1, -0.05) is 12.1 Å². The molecule has 13 heavy (non-hydrogen) atoms. The summed E-state index contributed by atoms with van der Waals surface area (Å²) in [6, 6.07) is 6.45. The Hall–Kier alpha value is 0.126. The maximum absolute atomic E-state index is 10.1. The van der Waals surface area contributed by atoms with Gasteiger partial charge in [0.25, 0.3) is 0 Å². The summed E-state index contributed by atoms with van der Waals surface area (Å²) in [7, 11) is 0. The Morgan fingerprint density at radius 1 is 1.31 bits per heavy atom. The number of carbonyl (C=O) groups excluding carboxylic acids is 1. The van der Waals surface area contributed by atoms with E-state index in [1.54, 1.807) is 12.1 Å². The van der Waals surface area contributed by atoms with Gasteiger partial charge in [0.05, 0.1) is 0 Å². The topological polar surface area (TPSA) is 60.4 Å². The smallest absolute Gasteiger partial charge is 0.550 e. The molecule has 0 fully saturated rings. The number of hydrogen-bond acceptors (Lipinski definition) is 3. The molecule has 0 aromatic heterocycles. The van der Waals surface area contributed by atoms with Gasteiger partial charge < -0.3 is 15.0 Å². The third-order valence-corrected chi connectivity index (χ3v) is 1.55. The summed E-state index contributed by atoms with van der Waals surface area (Å²) in [4.78, 5) is 10.1. The van der Waals surface area contributed by atoms with Gasteiger partial charge >= 0.3 is 51.4 Å². The van der Waals surface area contributed by atoms with E-state index < -0.39 is 5.97 Å². The summed E-state index contributed by atoms with van der Waals surface area (Å²) in [5.74, 6) is -0.865. The van der Waals surface area contributed by atoms with Gasteiger partial charge in [-0.15, -0.1) is 0 Å². The van der Waals surface area contributed by atoms with Crippen LogP contribution in [-0.4, -0.2) is 11.1 Å². The van der Waals surface area contributed by atoms with E-state index in [4.69, 9.17) is 5.11 Å². The van der Waals surface area contributed by atoms with E-state index in [0.717, 1.165) is 5.56 Å². The summed E-state index contributed by atoms with van der Waals surface area (Å²) in [6.45, 7) is 0. The minimum absolute atomic E-state index is 0. The molecule has 3 nitrogen and oxygen atoms in total. The zero-order valence-electron chi connectivity index (χ0n) is 7.49. The van der Waals surface area contributed by atoms with Crippen LogP contribution in [0, 0.1) is 0 Å². The number of aryl methyl sites for hydroxylation is 1. The predicted octanol–water partition coefficient (Wildman–Crippen LogP) is -2.92. The van der Waals surface area contributed by atoms with Gasteiger partial charge in [-0.2, -0.15) is 0 Å². The fourth-order valence-electron chi connectivity index (χ4n) is 0.909. The van der Waals surface area contributed by atoms with E-state index in [1.807, 2.05) is 0 Å². The van der Waals surface area contributed by atoms with E-state index in [0.29, 0.717) is 6.42 Å². The summed E-state index contributed by atoms with van der Waals surface area (Å²) in [5.41, 5.74) is 0.886. The number of aliphatic carboxylic acids is 1. The molecule has 0 bridgehead atoms. The second-order valence-electron chi connectivity index (χ2n) is 2.54. The van der Waals surface area contributed by atoms with Gasteiger partial charge in [-0.25, -0.2) is 0 Å². The van der Waals surface area contributed by atoms with Crippen molar-refractivity contribution in [3.05, 3.63) is 29.8 Å². The van der Waals surface area contributed by atoms with E-state index in [2.05, 4.69) is 0 Å². The summed E-state index contributed by atoms with van der Waals surface area (Å²) >= 11 is 0. The standard InChI is InChI=1S/C9H10O3.K/c10-8-4-1-7(2-5-8)3-6-9(11)12;/h1-2,4-5,10H,3,6H2,(H,11,12);/q;+1/p-1. The molecule has 0 aliphatic rings. The van der Waals surface area contributed by atoms with Gasteiger partial charge in [0.15, 0.2) is 0 Å². The number of carboxylic acids is 1. The number of carboxylic acid groups (broad SMARTS) is 1. The van der Waals surface area contributed by atoms with Gasteiger partial charge in [0, 0.05) is 5.97 Å². The number of phenolic OH excluding ortho intramolecular Hbond substituents is 1. The quantitative estimate of drug-likeness (QED) is 0.537. The molecule has 1 rings (SSSR count).